The number of allylic oxidation sites excluding steroid dienone is 7. The van der Waals surface area contributed by atoms with E-state index in [0.717, 1.165) is 89.0 Å². The SMILES string of the molecule is CC/C=C\C/C=C\C/C=C\C/C(CCN1CCN(c2cccc3ccccc23)CC1)=C1\CCCCC(=O)N2C(=O)CCc3ccc(nc32)O1. The van der Waals surface area contributed by atoms with Crippen molar-refractivity contribution < 1.29 is 14.3 Å². The number of anilines is 2. The molecule has 3 aromatic rings. The molecule has 0 atom stereocenters. The van der Waals surface area contributed by atoms with Crippen molar-refractivity contribution >= 4 is 34.1 Å². The lowest BCUT2D eigenvalue weighted by Gasteiger charge is -2.37. The lowest BCUT2D eigenvalue weighted by molar-refractivity contribution is -0.127. The van der Waals surface area contributed by atoms with Crippen molar-refractivity contribution in [1.29, 1.82) is 0 Å². The van der Waals surface area contributed by atoms with Crippen molar-refractivity contribution in [3.05, 3.63) is 108 Å². The monoisotopic (exact) mass is 658 g/mol. The fourth-order valence-electron chi connectivity index (χ4n) is 7.01. The van der Waals surface area contributed by atoms with Crippen molar-refractivity contribution in [2.24, 2.45) is 0 Å². The van der Waals surface area contributed by atoms with Gasteiger partial charge in [0.15, 0.2) is 0 Å². The second-order valence-electron chi connectivity index (χ2n) is 13.2. The largest absolute Gasteiger partial charge is 0.443 e. The first-order valence-corrected chi connectivity index (χ1v) is 18.2. The molecule has 6 rings (SSSR count). The number of aryl methyl sites for hydroxylation is 1. The number of nitrogens with zero attached hydrogens (tertiary/aromatic N) is 4. The number of imide groups is 1. The molecule has 3 aliphatic rings. The highest BCUT2D eigenvalue weighted by molar-refractivity contribution is 6.15. The third-order valence-electron chi connectivity index (χ3n) is 9.77. The Morgan fingerprint density at radius 3 is 2.35 bits per heavy atom. The average Bonchev–Trinajstić information content (AvgIpc) is 3.15. The molecule has 0 aliphatic carbocycles. The van der Waals surface area contributed by atoms with Gasteiger partial charge < -0.3 is 9.64 Å². The molecule has 2 aromatic carbocycles. The number of carbonyl (C=O) groups excluding carboxylic acids is 2. The topological polar surface area (TPSA) is 66.0 Å². The third kappa shape index (κ3) is 8.95. The molecule has 2 bridgehead atoms. The van der Waals surface area contributed by atoms with Crippen molar-refractivity contribution in [1.82, 2.24) is 9.88 Å². The predicted octanol–water partition coefficient (Wildman–Crippen LogP) is 8.71. The lowest BCUT2D eigenvalue weighted by atomic mass is 10.0. The van der Waals surface area contributed by atoms with E-state index in [4.69, 9.17) is 9.72 Å². The average molecular weight is 659 g/mol. The van der Waals surface area contributed by atoms with Crippen LogP contribution in [0.5, 0.6) is 5.88 Å². The molecule has 49 heavy (non-hydrogen) atoms. The Bertz CT molecular complexity index is 1730. The first kappa shape index (κ1) is 34.4. The first-order valence-electron chi connectivity index (χ1n) is 18.2. The molecule has 1 fully saturated rings. The van der Waals surface area contributed by atoms with Crippen LogP contribution in [-0.2, 0) is 16.0 Å². The molecule has 7 heteroatoms. The van der Waals surface area contributed by atoms with E-state index in [9.17, 15) is 9.59 Å². The van der Waals surface area contributed by atoms with Crippen LogP contribution < -0.4 is 14.5 Å². The molecule has 7 nitrogen and oxygen atoms in total. The summed E-state index contributed by atoms with van der Waals surface area (Å²) in [4.78, 5) is 37.1. The highest BCUT2D eigenvalue weighted by Gasteiger charge is 2.31. The van der Waals surface area contributed by atoms with Gasteiger partial charge in [-0.05, 0) is 80.0 Å². The molecular formula is C42H50N4O3. The van der Waals surface area contributed by atoms with Crippen LogP contribution in [0.4, 0.5) is 11.5 Å². The van der Waals surface area contributed by atoms with Gasteiger partial charge in [-0.1, -0.05) is 79.8 Å². The van der Waals surface area contributed by atoms with Crippen molar-refractivity contribution in [2.75, 3.05) is 42.5 Å². The molecule has 0 saturated carbocycles. The first-order chi connectivity index (χ1) is 24.1. The minimum Gasteiger partial charge on any atom is -0.443 e. The summed E-state index contributed by atoms with van der Waals surface area (Å²) in [6, 6.07) is 19.1. The molecule has 1 saturated heterocycles. The Morgan fingerprint density at radius 2 is 1.51 bits per heavy atom. The summed E-state index contributed by atoms with van der Waals surface area (Å²) in [5.41, 5.74) is 3.53. The summed E-state index contributed by atoms with van der Waals surface area (Å²) >= 11 is 0. The molecule has 2 amide bonds. The minimum absolute atomic E-state index is 0.160. The van der Waals surface area contributed by atoms with Crippen LogP contribution in [0.15, 0.2) is 102 Å². The fraction of sp³-hybridized carbons (Fsp3) is 0.405. The molecule has 1 aromatic heterocycles. The van der Waals surface area contributed by atoms with Gasteiger partial charge in [0.1, 0.15) is 11.6 Å². The molecule has 0 radical (unpaired) electrons. The Balaban J connectivity index is 1.18. The molecular weight excluding hydrogens is 608 g/mol. The van der Waals surface area contributed by atoms with Gasteiger partial charge in [-0.25, -0.2) is 4.90 Å². The zero-order chi connectivity index (χ0) is 33.8. The van der Waals surface area contributed by atoms with Gasteiger partial charge in [0.05, 0.1) is 0 Å². The summed E-state index contributed by atoms with van der Waals surface area (Å²) < 4.78 is 6.62. The predicted molar refractivity (Wildman–Crippen MR) is 200 cm³/mol. The molecule has 0 N–H and O–H groups in total. The number of rotatable bonds is 11. The van der Waals surface area contributed by atoms with Crippen LogP contribution in [0.1, 0.15) is 76.7 Å². The maximum absolute atomic E-state index is 13.1. The summed E-state index contributed by atoms with van der Waals surface area (Å²) in [6.07, 6.45) is 21.6. The Morgan fingerprint density at radius 1 is 0.776 bits per heavy atom. The minimum atomic E-state index is -0.168. The second-order valence-corrected chi connectivity index (χ2v) is 13.2. The summed E-state index contributed by atoms with van der Waals surface area (Å²) in [5, 5.41) is 2.60. The van der Waals surface area contributed by atoms with E-state index in [1.54, 1.807) is 0 Å². The number of hydrogen-bond acceptors (Lipinski definition) is 6. The van der Waals surface area contributed by atoms with Crippen LogP contribution in [0.2, 0.25) is 0 Å². The zero-order valence-corrected chi connectivity index (χ0v) is 29.0. The van der Waals surface area contributed by atoms with Crippen LogP contribution in [0, 0.1) is 0 Å². The van der Waals surface area contributed by atoms with Gasteiger partial charge in [-0.3, -0.25) is 14.5 Å². The maximum Gasteiger partial charge on any atom is 0.235 e. The number of amides is 2. The number of aromatic nitrogens is 1. The van der Waals surface area contributed by atoms with Gasteiger partial charge in [0, 0.05) is 69.1 Å². The van der Waals surface area contributed by atoms with Crippen molar-refractivity contribution in [3.8, 4) is 5.88 Å². The maximum atomic E-state index is 13.1. The second kappa shape index (κ2) is 17.3. The molecule has 3 aliphatic heterocycles. The van der Waals surface area contributed by atoms with Gasteiger partial charge >= 0.3 is 0 Å². The van der Waals surface area contributed by atoms with Crippen LogP contribution in [0.3, 0.4) is 0 Å². The number of fused-ring (bicyclic) bond motifs is 2. The normalized spacial score (nSPS) is 18.9. The molecule has 4 heterocycles. The lowest BCUT2D eigenvalue weighted by Crippen LogP contribution is -2.46. The summed E-state index contributed by atoms with van der Waals surface area (Å²) in [7, 11) is 0. The number of carbonyl (C=O) groups is 2. The third-order valence-corrected chi connectivity index (χ3v) is 9.77. The van der Waals surface area contributed by atoms with Gasteiger partial charge in [-0.2, -0.15) is 4.98 Å². The van der Waals surface area contributed by atoms with E-state index in [-0.39, 0.29) is 11.8 Å². The van der Waals surface area contributed by atoms with Crippen LogP contribution >= 0.6 is 0 Å². The highest BCUT2D eigenvalue weighted by atomic mass is 16.5. The molecule has 256 valence electrons. The molecule has 0 spiro atoms. The van der Waals surface area contributed by atoms with Crippen molar-refractivity contribution in [2.45, 2.75) is 77.6 Å². The summed E-state index contributed by atoms with van der Waals surface area (Å²) in [5.74, 6) is 1.53. The Kier molecular flexibility index (Phi) is 12.1. The van der Waals surface area contributed by atoms with Crippen molar-refractivity contribution in [3.63, 3.8) is 0 Å². The number of pyridine rings is 1. The Hall–Kier alpha value is -4.49. The summed E-state index contributed by atoms with van der Waals surface area (Å²) in [6.45, 7) is 7.14. The van der Waals surface area contributed by atoms with E-state index in [1.165, 1.54) is 26.9 Å². The number of ether oxygens (including phenoxy) is 1. The van der Waals surface area contributed by atoms with Gasteiger partial charge in [0.25, 0.3) is 0 Å². The smallest absolute Gasteiger partial charge is 0.235 e. The quantitative estimate of drug-likeness (QED) is 0.152. The standard InChI is InChI=1S/C42H50N4O3/c1-2-3-4-5-6-7-8-9-10-17-34(27-28-44-29-31-45(32-30-44)37-20-15-18-33-16-11-12-19-36(33)37)38-21-13-14-22-40(47)46-41(48)26-24-35-23-25-39(49-38)43-42(35)46/h3-4,6-7,9-12,15-16,18-20,23,25H,2,5,8,13-14,17,21-22,24,26-32H2,1H3/b4-3-,7-6-,10-9-,38-34-. The fourth-order valence-corrected chi connectivity index (χ4v) is 7.01. The van der Waals surface area contributed by atoms with E-state index in [0.29, 0.717) is 37.4 Å². The number of benzene rings is 2. The van der Waals surface area contributed by atoms with E-state index < -0.39 is 0 Å². The van der Waals surface area contributed by atoms with E-state index >= 15 is 0 Å². The van der Waals surface area contributed by atoms with E-state index in [2.05, 4.69) is 95.6 Å². The van der Waals surface area contributed by atoms with E-state index in [1.807, 2.05) is 12.1 Å². The number of hydrogen-bond donors (Lipinski definition) is 0. The van der Waals surface area contributed by atoms with Crippen LogP contribution in [-0.4, -0.2) is 54.4 Å². The molecule has 0 unspecified atom stereocenters. The van der Waals surface area contributed by atoms with Gasteiger partial charge in [-0.15, -0.1) is 0 Å². The highest BCUT2D eigenvalue weighted by Crippen LogP contribution is 2.33. The Labute approximate surface area is 291 Å². The zero-order valence-electron chi connectivity index (χ0n) is 29.0. The van der Waals surface area contributed by atoms with Crippen LogP contribution in [0.25, 0.3) is 10.8 Å². The number of piperazine rings is 1. The van der Waals surface area contributed by atoms with Gasteiger partial charge in [0.2, 0.25) is 17.7 Å².